The Hall–Kier alpha value is -3.06. The number of amides is 1. The molecular formula is C22H21FN4O2. The van der Waals surface area contributed by atoms with Gasteiger partial charge >= 0.3 is 0 Å². The van der Waals surface area contributed by atoms with Gasteiger partial charge in [-0.05, 0) is 43.0 Å². The number of hydrogen-bond acceptors (Lipinski definition) is 4. The maximum absolute atomic E-state index is 13.4. The zero-order valence-electron chi connectivity index (χ0n) is 15.9. The average molecular weight is 392 g/mol. The second kappa shape index (κ2) is 7.40. The third-order valence-corrected chi connectivity index (χ3v) is 5.65. The summed E-state index contributed by atoms with van der Waals surface area (Å²) in [6.07, 6.45) is 1.91. The number of benzene rings is 2. The Kier molecular flexibility index (Phi) is 4.60. The van der Waals surface area contributed by atoms with Gasteiger partial charge in [0.25, 0.3) is 5.91 Å². The van der Waals surface area contributed by atoms with Gasteiger partial charge in [-0.1, -0.05) is 30.3 Å². The highest BCUT2D eigenvalue weighted by atomic mass is 19.1. The molecule has 2 aliphatic heterocycles. The van der Waals surface area contributed by atoms with Gasteiger partial charge in [-0.2, -0.15) is 0 Å². The average Bonchev–Trinajstić information content (AvgIpc) is 3.20. The summed E-state index contributed by atoms with van der Waals surface area (Å²) >= 11 is 0. The Bertz CT molecular complexity index is 1020. The van der Waals surface area contributed by atoms with Crippen molar-refractivity contribution in [2.45, 2.75) is 18.9 Å². The molecule has 1 amide bonds. The first-order valence-corrected chi connectivity index (χ1v) is 9.86. The van der Waals surface area contributed by atoms with E-state index in [1.165, 1.54) is 12.1 Å². The van der Waals surface area contributed by atoms with Crippen LogP contribution in [-0.2, 0) is 4.74 Å². The van der Waals surface area contributed by atoms with Crippen LogP contribution in [0, 0.1) is 11.7 Å². The van der Waals surface area contributed by atoms with Crippen LogP contribution in [0.2, 0.25) is 0 Å². The van der Waals surface area contributed by atoms with E-state index >= 15 is 0 Å². The van der Waals surface area contributed by atoms with Gasteiger partial charge in [-0.15, -0.1) is 5.10 Å². The monoisotopic (exact) mass is 392 g/mol. The number of ether oxygens (including phenoxy) is 1. The van der Waals surface area contributed by atoms with Crippen molar-refractivity contribution in [3.8, 4) is 17.1 Å². The number of fused-ring (bicyclic) bond motifs is 2. The second-order valence-electron chi connectivity index (χ2n) is 7.59. The van der Waals surface area contributed by atoms with Crippen LogP contribution in [0.4, 0.5) is 4.39 Å². The summed E-state index contributed by atoms with van der Waals surface area (Å²) in [4.78, 5) is 19.7. The lowest BCUT2D eigenvalue weighted by molar-refractivity contribution is -0.0379. The van der Waals surface area contributed by atoms with Crippen molar-refractivity contribution in [2.75, 3.05) is 19.8 Å². The maximum Gasteiger partial charge on any atom is 0.293 e. The number of carbonyl (C=O) groups excluding carboxylic acids is 1. The predicted molar refractivity (Wildman–Crippen MR) is 105 cm³/mol. The molecule has 5 rings (SSSR count). The molecule has 0 N–H and O–H groups in total. The van der Waals surface area contributed by atoms with Crippen molar-refractivity contribution in [1.29, 1.82) is 0 Å². The van der Waals surface area contributed by atoms with Crippen molar-refractivity contribution in [3.63, 3.8) is 0 Å². The Morgan fingerprint density at radius 3 is 2.66 bits per heavy atom. The van der Waals surface area contributed by atoms with Crippen LogP contribution >= 0.6 is 0 Å². The van der Waals surface area contributed by atoms with Crippen molar-refractivity contribution in [1.82, 2.24) is 19.7 Å². The lowest BCUT2D eigenvalue weighted by atomic mass is 9.90. The molecule has 7 heteroatoms. The van der Waals surface area contributed by atoms with Gasteiger partial charge in [0, 0.05) is 18.7 Å². The molecule has 3 heterocycles. The fraction of sp³-hybridized carbons (Fsp3) is 0.318. The Morgan fingerprint density at radius 1 is 1.07 bits per heavy atom. The van der Waals surface area contributed by atoms with E-state index < -0.39 is 0 Å². The number of nitrogens with zero attached hydrogens (tertiary/aromatic N) is 4. The molecule has 0 spiro atoms. The molecule has 0 radical (unpaired) electrons. The van der Waals surface area contributed by atoms with Crippen molar-refractivity contribution in [2.24, 2.45) is 5.92 Å². The summed E-state index contributed by atoms with van der Waals surface area (Å²) in [5, 5.41) is 4.52. The van der Waals surface area contributed by atoms with E-state index in [0.29, 0.717) is 30.6 Å². The molecule has 2 fully saturated rings. The first-order valence-electron chi connectivity index (χ1n) is 9.86. The lowest BCUT2D eigenvalue weighted by Crippen LogP contribution is -2.52. The van der Waals surface area contributed by atoms with Gasteiger partial charge in [0.15, 0.2) is 5.82 Å². The van der Waals surface area contributed by atoms with Crippen LogP contribution < -0.4 is 0 Å². The van der Waals surface area contributed by atoms with E-state index in [2.05, 4.69) is 10.1 Å². The molecule has 2 aromatic carbocycles. The standard InChI is InChI=1S/C22H21FN4O2/c23-17-6-8-18(9-7-17)27-21(16-4-2-1-3-5-16)24-20(25-27)22(28)26-11-10-15-12-19(26)14-29-13-15/h1-9,15,19H,10-14H2. The quantitative estimate of drug-likeness (QED) is 0.686. The molecule has 1 aromatic heterocycles. The number of hydrogen-bond donors (Lipinski definition) is 0. The summed E-state index contributed by atoms with van der Waals surface area (Å²) < 4.78 is 20.7. The number of piperidine rings is 1. The number of likely N-dealkylation sites (tertiary alicyclic amines) is 1. The van der Waals surface area contributed by atoms with E-state index in [9.17, 15) is 9.18 Å². The van der Waals surface area contributed by atoms with E-state index in [4.69, 9.17) is 4.74 Å². The van der Waals surface area contributed by atoms with Gasteiger partial charge in [0.05, 0.1) is 18.3 Å². The maximum atomic E-state index is 13.4. The van der Waals surface area contributed by atoms with Crippen molar-refractivity contribution in [3.05, 3.63) is 66.2 Å². The number of halogens is 1. The highest BCUT2D eigenvalue weighted by molar-refractivity contribution is 5.91. The van der Waals surface area contributed by atoms with Gasteiger partial charge in [-0.25, -0.2) is 14.1 Å². The third kappa shape index (κ3) is 3.42. The number of carbonyl (C=O) groups is 1. The Balaban J connectivity index is 1.54. The van der Waals surface area contributed by atoms with E-state index in [1.54, 1.807) is 16.8 Å². The third-order valence-electron chi connectivity index (χ3n) is 5.65. The molecule has 2 atom stereocenters. The molecule has 29 heavy (non-hydrogen) atoms. The zero-order chi connectivity index (χ0) is 19.8. The molecule has 6 nitrogen and oxygen atoms in total. The van der Waals surface area contributed by atoms with Crippen LogP contribution in [0.25, 0.3) is 17.1 Å². The molecule has 148 valence electrons. The molecule has 2 aliphatic rings. The lowest BCUT2D eigenvalue weighted by Gasteiger charge is -2.42. The summed E-state index contributed by atoms with van der Waals surface area (Å²) in [5.41, 5.74) is 1.49. The van der Waals surface area contributed by atoms with Crippen LogP contribution in [0.1, 0.15) is 23.5 Å². The SMILES string of the molecule is O=C(c1nc(-c2ccccc2)n(-c2ccc(F)cc2)n1)N1CCC2COCC1C2. The predicted octanol–water partition coefficient (Wildman–Crippen LogP) is 3.32. The Labute approximate surface area is 167 Å². The van der Waals surface area contributed by atoms with Crippen LogP contribution in [0.15, 0.2) is 54.6 Å². The summed E-state index contributed by atoms with van der Waals surface area (Å²) in [6, 6.07) is 15.6. The summed E-state index contributed by atoms with van der Waals surface area (Å²) in [5.74, 6) is 0.721. The fourth-order valence-corrected chi connectivity index (χ4v) is 4.15. The molecule has 0 aliphatic carbocycles. The fourth-order valence-electron chi connectivity index (χ4n) is 4.15. The first-order chi connectivity index (χ1) is 14.2. The van der Waals surface area contributed by atoms with E-state index in [0.717, 1.165) is 25.0 Å². The minimum Gasteiger partial charge on any atom is -0.379 e. The largest absolute Gasteiger partial charge is 0.379 e. The number of rotatable bonds is 3. The summed E-state index contributed by atoms with van der Waals surface area (Å²) in [6.45, 7) is 2.05. The first kappa shape index (κ1) is 18.0. The van der Waals surface area contributed by atoms with E-state index in [-0.39, 0.29) is 23.6 Å². The molecule has 0 saturated carbocycles. The molecule has 2 unspecified atom stereocenters. The zero-order valence-corrected chi connectivity index (χ0v) is 15.9. The van der Waals surface area contributed by atoms with Crippen LogP contribution in [-0.4, -0.2) is 51.4 Å². The second-order valence-corrected chi connectivity index (χ2v) is 7.59. The molecule has 2 saturated heterocycles. The topological polar surface area (TPSA) is 60.2 Å². The summed E-state index contributed by atoms with van der Waals surface area (Å²) in [7, 11) is 0. The minimum atomic E-state index is -0.327. The van der Waals surface area contributed by atoms with Gasteiger partial charge in [-0.3, -0.25) is 4.79 Å². The van der Waals surface area contributed by atoms with Gasteiger partial charge < -0.3 is 9.64 Å². The van der Waals surface area contributed by atoms with Crippen LogP contribution in [0.3, 0.4) is 0 Å². The normalized spacial score (nSPS) is 21.2. The molecule has 2 bridgehead atoms. The molecular weight excluding hydrogens is 371 g/mol. The van der Waals surface area contributed by atoms with E-state index in [1.807, 2.05) is 35.2 Å². The minimum absolute atomic E-state index is 0.0768. The highest BCUT2D eigenvalue weighted by Gasteiger charge is 2.37. The van der Waals surface area contributed by atoms with Gasteiger partial charge in [0.1, 0.15) is 5.82 Å². The highest BCUT2D eigenvalue weighted by Crippen LogP contribution is 2.29. The van der Waals surface area contributed by atoms with Gasteiger partial charge in [0.2, 0.25) is 5.82 Å². The Morgan fingerprint density at radius 2 is 1.86 bits per heavy atom. The molecule has 3 aromatic rings. The van der Waals surface area contributed by atoms with Crippen molar-refractivity contribution < 1.29 is 13.9 Å². The van der Waals surface area contributed by atoms with Crippen LogP contribution in [0.5, 0.6) is 0 Å². The van der Waals surface area contributed by atoms with Crippen molar-refractivity contribution >= 4 is 5.91 Å². The number of aromatic nitrogens is 3. The smallest absolute Gasteiger partial charge is 0.293 e.